The first-order valence-corrected chi connectivity index (χ1v) is 15.5. The van der Waals surface area contributed by atoms with E-state index in [-0.39, 0.29) is 0 Å². The van der Waals surface area contributed by atoms with Gasteiger partial charge < -0.3 is 19.5 Å². The summed E-state index contributed by atoms with van der Waals surface area (Å²) >= 11 is 0. The molecule has 224 valence electrons. The number of ether oxygens (including phenoxy) is 3. The zero-order valence-corrected chi connectivity index (χ0v) is 27.4. The Labute approximate surface area is 254 Å². The molecule has 4 aromatic rings. The van der Waals surface area contributed by atoms with Crippen LogP contribution in [0.4, 0.5) is 11.4 Å². The van der Waals surface area contributed by atoms with E-state index in [4.69, 9.17) is 14.2 Å². The van der Waals surface area contributed by atoms with Crippen molar-refractivity contribution in [1.82, 2.24) is 0 Å². The van der Waals surface area contributed by atoms with Crippen molar-refractivity contribution < 1.29 is 14.2 Å². The van der Waals surface area contributed by atoms with Crippen LogP contribution in [0, 0.1) is 6.92 Å². The van der Waals surface area contributed by atoms with Crippen LogP contribution >= 0.6 is 0 Å². The largest absolute Gasteiger partial charge is 0.453 e. The van der Waals surface area contributed by atoms with Crippen molar-refractivity contribution in [2.24, 2.45) is 0 Å². The Balaban J connectivity index is 0.000000207. The number of benzene rings is 4. The molecule has 4 nitrogen and oxygen atoms in total. The third kappa shape index (κ3) is 7.67. The van der Waals surface area contributed by atoms with Crippen LogP contribution in [0.3, 0.4) is 0 Å². The van der Waals surface area contributed by atoms with Gasteiger partial charge in [-0.3, -0.25) is 0 Å². The van der Waals surface area contributed by atoms with Crippen LogP contribution < -0.4 is 19.5 Å². The molecular formula is C38H49NO3. The first-order valence-electron chi connectivity index (χ1n) is 15.5. The molecule has 0 amide bonds. The summed E-state index contributed by atoms with van der Waals surface area (Å²) in [5, 5.41) is 3.44. The number of nitrogens with one attached hydrogen (secondary N) is 1. The smallest absolute Gasteiger partial charge is 0.170 e. The van der Waals surface area contributed by atoms with Gasteiger partial charge in [0.25, 0.3) is 0 Å². The molecule has 0 atom stereocenters. The van der Waals surface area contributed by atoms with Gasteiger partial charge in [-0.1, -0.05) is 93.5 Å². The number of aryl methyl sites for hydroxylation is 1. The molecule has 4 aromatic carbocycles. The maximum absolute atomic E-state index is 5.98. The van der Waals surface area contributed by atoms with E-state index in [1.807, 2.05) is 45.9 Å². The third-order valence-electron chi connectivity index (χ3n) is 7.01. The summed E-state index contributed by atoms with van der Waals surface area (Å²) in [6.07, 6.45) is 0. The third-order valence-corrected chi connectivity index (χ3v) is 7.01. The van der Waals surface area contributed by atoms with Crippen molar-refractivity contribution >= 4 is 11.4 Å². The summed E-state index contributed by atoms with van der Waals surface area (Å²) in [5.41, 5.74) is 7.13. The minimum Gasteiger partial charge on any atom is -0.453 e. The van der Waals surface area contributed by atoms with E-state index >= 15 is 0 Å². The van der Waals surface area contributed by atoms with Crippen molar-refractivity contribution in [1.29, 1.82) is 0 Å². The molecule has 0 aliphatic carbocycles. The molecule has 0 bridgehead atoms. The predicted octanol–water partition coefficient (Wildman–Crippen LogP) is 12.9. The molecule has 2 aliphatic rings. The van der Waals surface area contributed by atoms with Gasteiger partial charge in [-0.25, -0.2) is 0 Å². The van der Waals surface area contributed by atoms with Crippen LogP contribution in [-0.4, -0.2) is 0 Å². The summed E-state index contributed by atoms with van der Waals surface area (Å²) < 4.78 is 17.9. The minimum absolute atomic E-state index is 0.480. The lowest BCUT2D eigenvalue weighted by Gasteiger charge is -2.23. The topological polar surface area (TPSA) is 39.7 Å². The predicted molar refractivity (Wildman–Crippen MR) is 179 cm³/mol. The molecule has 0 fully saturated rings. The lowest BCUT2D eigenvalue weighted by Crippen LogP contribution is -2.04. The lowest BCUT2D eigenvalue weighted by atomic mass is 10.0. The summed E-state index contributed by atoms with van der Waals surface area (Å²) in [7, 11) is 0. The van der Waals surface area contributed by atoms with Crippen molar-refractivity contribution in [3.63, 3.8) is 0 Å². The molecule has 0 saturated carbocycles. The van der Waals surface area contributed by atoms with Crippen molar-refractivity contribution in [3.05, 3.63) is 95.1 Å². The minimum atomic E-state index is 0.480. The second-order valence-electron chi connectivity index (χ2n) is 11.1. The molecule has 2 heterocycles. The van der Waals surface area contributed by atoms with Crippen molar-refractivity contribution in [3.8, 4) is 34.5 Å². The molecule has 0 radical (unpaired) electrons. The summed E-state index contributed by atoms with van der Waals surface area (Å²) in [6.45, 7) is 23.2. The molecule has 0 aromatic heterocycles. The van der Waals surface area contributed by atoms with Gasteiger partial charge in [0.15, 0.2) is 34.5 Å². The highest BCUT2D eigenvalue weighted by molar-refractivity contribution is 5.76. The van der Waals surface area contributed by atoms with Crippen molar-refractivity contribution in [2.45, 2.75) is 93.9 Å². The molecule has 6 rings (SSSR count). The van der Waals surface area contributed by atoms with E-state index in [9.17, 15) is 0 Å². The molecular weight excluding hydrogens is 518 g/mol. The molecule has 0 saturated heterocycles. The zero-order chi connectivity index (χ0) is 31.0. The van der Waals surface area contributed by atoms with E-state index in [0.717, 1.165) is 45.9 Å². The number of fused-ring (bicyclic) bond motifs is 4. The fourth-order valence-corrected chi connectivity index (χ4v) is 4.51. The maximum Gasteiger partial charge on any atom is 0.170 e. The van der Waals surface area contributed by atoms with E-state index in [1.165, 1.54) is 22.3 Å². The SMILES string of the molecule is CC.CC.CC(C)c1ccc2c(c1)Oc1ccc(C(C)C)cc1O2.Cc1ccc2c(c1)Oc1ccc(C(C)C)cc1N2. The van der Waals surface area contributed by atoms with Gasteiger partial charge in [0, 0.05) is 0 Å². The Morgan fingerprint density at radius 2 is 0.857 bits per heavy atom. The molecule has 0 unspecified atom stereocenters. The summed E-state index contributed by atoms with van der Waals surface area (Å²) in [6, 6.07) is 24.9. The number of hydrogen-bond acceptors (Lipinski definition) is 4. The van der Waals surface area contributed by atoms with Crippen LogP contribution in [0.2, 0.25) is 0 Å². The first kappa shape index (κ1) is 32.6. The quantitative estimate of drug-likeness (QED) is 0.231. The van der Waals surface area contributed by atoms with Gasteiger partial charge in [0.05, 0.1) is 11.4 Å². The number of rotatable bonds is 3. The Morgan fingerprint density at radius 1 is 0.429 bits per heavy atom. The molecule has 4 heteroatoms. The van der Waals surface area contributed by atoms with Crippen molar-refractivity contribution in [2.75, 3.05) is 5.32 Å². The Kier molecular flexibility index (Phi) is 11.5. The second-order valence-corrected chi connectivity index (χ2v) is 11.1. The Hall–Kier alpha value is -3.92. The summed E-state index contributed by atoms with van der Waals surface area (Å²) in [4.78, 5) is 0. The highest BCUT2D eigenvalue weighted by Crippen LogP contribution is 2.47. The number of anilines is 2. The fraction of sp³-hybridized carbons (Fsp3) is 0.368. The monoisotopic (exact) mass is 567 g/mol. The fourth-order valence-electron chi connectivity index (χ4n) is 4.51. The van der Waals surface area contributed by atoms with E-state index in [0.29, 0.717) is 17.8 Å². The standard InChI is InChI=1S/C18H20O2.C16H17NO.2C2H6/c1-11(2)13-5-7-15-17(9-13)19-16-8-6-14(12(3)4)10-18(16)20-15;1-10(2)12-5-7-15-14(9-12)17-13-6-4-11(3)8-16(13)18-15;2*1-2/h5-12H,1-4H3;4-10,17H,1-3H3;2*1-2H3. The Bertz CT molecular complexity index is 1410. The molecule has 0 spiro atoms. The van der Waals surface area contributed by atoms with Crippen LogP contribution in [0.1, 0.15) is 109 Å². The van der Waals surface area contributed by atoms with Gasteiger partial charge in [0.2, 0.25) is 0 Å². The molecule has 42 heavy (non-hydrogen) atoms. The Morgan fingerprint density at radius 3 is 1.33 bits per heavy atom. The van der Waals surface area contributed by atoms with Crippen LogP contribution in [0.15, 0.2) is 72.8 Å². The first-order chi connectivity index (χ1) is 20.2. The molecule has 2 aliphatic heterocycles. The van der Waals surface area contributed by atoms with Gasteiger partial charge in [-0.15, -0.1) is 0 Å². The average Bonchev–Trinajstić information content (AvgIpc) is 3.00. The highest BCUT2D eigenvalue weighted by Gasteiger charge is 2.20. The maximum atomic E-state index is 5.98. The number of hydrogen-bond donors (Lipinski definition) is 1. The van der Waals surface area contributed by atoms with Gasteiger partial charge in [0.1, 0.15) is 0 Å². The van der Waals surface area contributed by atoms with Crippen LogP contribution in [-0.2, 0) is 0 Å². The van der Waals surface area contributed by atoms with Gasteiger partial charge >= 0.3 is 0 Å². The zero-order valence-electron chi connectivity index (χ0n) is 27.4. The van der Waals surface area contributed by atoms with E-state index < -0.39 is 0 Å². The van der Waals surface area contributed by atoms with Crippen LogP contribution in [0.5, 0.6) is 34.5 Å². The van der Waals surface area contributed by atoms with Gasteiger partial charge in [-0.05, 0) is 95.5 Å². The normalized spacial score (nSPS) is 11.7. The molecule has 1 N–H and O–H groups in total. The van der Waals surface area contributed by atoms with E-state index in [2.05, 4.69) is 108 Å². The van der Waals surface area contributed by atoms with Gasteiger partial charge in [-0.2, -0.15) is 0 Å². The van der Waals surface area contributed by atoms with E-state index in [1.54, 1.807) is 0 Å². The highest BCUT2D eigenvalue weighted by atomic mass is 16.6. The summed E-state index contributed by atoms with van der Waals surface area (Å²) in [5.74, 6) is 6.49. The lowest BCUT2D eigenvalue weighted by molar-refractivity contribution is 0.358. The second kappa shape index (κ2) is 14.8. The van der Waals surface area contributed by atoms with Crippen LogP contribution in [0.25, 0.3) is 0 Å². The average molecular weight is 568 g/mol.